The van der Waals surface area contributed by atoms with E-state index in [2.05, 4.69) is 49.5 Å². The van der Waals surface area contributed by atoms with Crippen molar-refractivity contribution in [2.75, 3.05) is 6.54 Å². The molecule has 1 nitrogen and oxygen atoms in total. The lowest BCUT2D eigenvalue weighted by Crippen LogP contribution is -2.25. The Kier molecular flexibility index (Phi) is 4.38. The van der Waals surface area contributed by atoms with Crippen LogP contribution < -0.4 is 5.32 Å². The first-order chi connectivity index (χ1) is 8.25. The molecule has 0 bridgehead atoms. The van der Waals surface area contributed by atoms with Gasteiger partial charge in [0.2, 0.25) is 0 Å². The molecule has 1 atom stereocenters. The molecule has 17 heavy (non-hydrogen) atoms. The van der Waals surface area contributed by atoms with Crippen molar-refractivity contribution in [3.63, 3.8) is 0 Å². The van der Waals surface area contributed by atoms with Gasteiger partial charge in [-0.25, -0.2) is 0 Å². The Morgan fingerprint density at radius 1 is 1.18 bits per heavy atom. The number of hydrogen-bond donors (Lipinski definition) is 1. The molecule has 1 heterocycles. The van der Waals surface area contributed by atoms with Crippen molar-refractivity contribution in [3.05, 3.63) is 41.0 Å². The van der Waals surface area contributed by atoms with Crippen LogP contribution in [0.25, 0.3) is 6.08 Å². The van der Waals surface area contributed by atoms with E-state index in [0.717, 1.165) is 0 Å². The van der Waals surface area contributed by atoms with Gasteiger partial charge in [-0.05, 0) is 44.4 Å². The van der Waals surface area contributed by atoms with Gasteiger partial charge in [0.05, 0.1) is 0 Å². The highest BCUT2D eigenvalue weighted by Gasteiger charge is 2.07. The van der Waals surface area contributed by atoms with Crippen LogP contribution in [-0.2, 0) is 0 Å². The fourth-order valence-corrected chi connectivity index (χ4v) is 2.45. The van der Waals surface area contributed by atoms with E-state index in [4.69, 9.17) is 0 Å². The molecule has 92 valence electrons. The van der Waals surface area contributed by atoms with Crippen LogP contribution in [0.3, 0.4) is 0 Å². The van der Waals surface area contributed by atoms with Gasteiger partial charge in [0.25, 0.3) is 0 Å². The third-order valence-electron chi connectivity index (χ3n) is 3.53. The van der Waals surface area contributed by atoms with Crippen LogP contribution >= 0.6 is 0 Å². The molecule has 1 aliphatic heterocycles. The van der Waals surface area contributed by atoms with Crippen LogP contribution in [0.1, 0.15) is 42.4 Å². The molecule has 0 spiro atoms. The molecule has 1 aromatic carbocycles. The fourth-order valence-electron chi connectivity index (χ4n) is 2.45. The third-order valence-corrected chi connectivity index (χ3v) is 3.53. The topological polar surface area (TPSA) is 12.0 Å². The number of aryl methyl sites for hydroxylation is 2. The zero-order valence-corrected chi connectivity index (χ0v) is 11.0. The monoisotopic (exact) mass is 229 g/mol. The number of hydrogen-bond acceptors (Lipinski definition) is 1. The van der Waals surface area contributed by atoms with Gasteiger partial charge in [-0.15, -0.1) is 0 Å². The van der Waals surface area contributed by atoms with Crippen molar-refractivity contribution in [2.24, 2.45) is 0 Å². The van der Waals surface area contributed by atoms with Crippen molar-refractivity contribution in [1.29, 1.82) is 0 Å². The smallest absolute Gasteiger partial charge is 0.0253 e. The molecule has 1 aliphatic rings. The molecule has 1 unspecified atom stereocenters. The first-order valence-electron chi connectivity index (χ1n) is 6.74. The van der Waals surface area contributed by atoms with Gasteiger partial charge >= 0.3 is 0 Å². The molecule has 0 saturated carbocycles. The molecule has 0 aromatic heterocycles. The number of rotatable bonds is 2. The lowest BCUT2D eigenvalue weighted by atomic mass is 10.0. The normalized spacial score (nSPS) is 21.6. The molecule has 0 aliphatic carbocycles. The van der Waals surface area contributed by atoms with Crippen LogP contribution in [0.5, 0.6) is 0 Å². The second-order valence-electron chi connectivity index (χ2n) is 5.13. The highest BCUT2D eigenvalue weighted by atomic mass is 14.9. The van der Waals surface area contributed by atoms with E-state index >= 15 is 0 Å². The Hall–Kier alpha value is -1.08. The van der Waals surface area contributed by atoms with Gasteiger partial charge in [0, 0.05) is 6.04 Å². The first kappa shape index (κ1) is 12.4. The van der Waals surface area contributed by atoms with E-state index in [1.54, 1.807) is 0 Å². The SMILES string of the molecule is Cc1ccc(/C=C/C2CCCCCN2)c(C)c1. The fraction of sp³-hybridized carbons (Fsp3) is 0.500. The van der Waals surface area contributed by atoms with E-state index in [9.17, 15) is 0 Å². The maximum Gasteiger partial charge on any atom is 0.0253 e. The minimum Gasteiger partial charge on any atom is -0.311 e. The maximum absolute atomic E-state index is 3.60. The molecular weight excluding hydrogens is 206 g/mol. The summed E-state index contributed by atoms with van der Waals surface area (Å²) in [6, 6.07) is 7.23. The van der Waals surface area contributed by atoms with Crippen LogP contribution in [-0.4, -0.2) is 12.6 Å². The highest BCUT2D eigenvalue weighted by Crippen LogP contribution is 2.14. The Labute approximate surface area is 105 Å². The summed E-state index contributed by atoms with van der Waals surface area (Å²) in [5.74, 6) is 0. The van der Waals surface area contributed by atoms with Crippen molar-refractivity contribution in [2.45, 2.75) is 45.6 Å². The maximum atomic E-state index is 3.60. The van der Waals surface area contributed by atoms with E-state index < -0.39 is 0 Å². The molecule has 0 radical (unpaired) electrons. The van der Waals surface area contributed by atoms with E-state index in [1.165, 1.54) is 48.9 Å². The zero-order chi connectivity index (χ0) is 12.1. The van der Waals surface area contributed by atoms with Gasteiger partial charge in [-0.3, -0.25) is 0 Å². The van der Waals surface area contributed by atoms with Crippen LogP contribution in [0, 0.1) is 13.8 Å². The Balaban J connectivity index is 2.03. The molecule has 1 fully saturated rings. The summed E-state index contributed by atoms with van der Waals surface area (Å²) in [4.78, 5) is 0. The van der Waals surface area contributed by atoms with Gasteiger partial charge < -0.3 is 5.32 Å². The lowest BCUT2D eigenvalue weighted by Gasteiger charge is -2.10. The summed E-state index contributed by atoms with van der Waals surface area (Å²) in [5, 5.41) is 3.60. The predicted molar refractivity (Wildman–Crippen MR) is 75.2 cm³/mol. The molecular formula is C16H23N. The van der Waals surface area contributed by atoms with Crippen LogP contribution in [0.4, 0.5) is 0 Å². The Morgan fingerprint density at radius 2 is 2.06 bits per heavy atom. The van der Waals surface area contributed by atoms with Crippen molar-refractivity contribution in [1.82, 2.24) is 5.32 Å². The average molecular weight is 229 g/mol. The molecule has 1 aromatic rings. The Morgan fingerprint density at radius 3 is 2.88 bits per heavy atom. The summed E-state index contributed by atoms with van der Waals surface area (Å²) >= 11 is 0. The largest absolute Gasteiger partial charge is 0.311 e. The zero-order valence-electron chi connectivity index (χ0n) is 11.0. The second-order valence-corrected chi connectivity index (χ2v) is 5.13. The van der Waals surface area contributed by atoms with Crippen LogP contribution in [0.15, 0.2) is 24.3 Å². The molecule has 0 amide bonds. The molecule has 1 heteroatoms. The summed E-state index contributed by atoms with van der Waals surface area (Å²) in [6.07, 6.45) is 9.95. The summed E-state index contributed by atoms with van der Waals surface area (Å²) in [7, 11) is 0. The number of benzene rings is 1. The van der Waals surface area contributed by atoms with Crippen LogP contribution in [0.2, 0.25) is 0 Å². The summed E-state index contributed by atoms with van der Waals surface area (Å²) in [5.41, 5.74) is 4.06. The minimum absolute atomic E-state index is 0.568. The van der Waals surface area contributed by atoms with Gasteiger partial charge in [0.15, 0.2) is 0 Å². The summed E-state index contributed by atoms with van der Waals surface area (Å²) in [6.45, 7) is 5.50. The second kappa shape index (κ2) is 6.02. The highest BCUT2D eigenvalue weighted by molar-refractivity contribution is 5.54. The quantitative estimate of drug-likeness (QED) is 0.812. The minimum atomic E-state index is 0.568. The standard InChI is InChI=1S/C16H23N/c1-13-7-8-15(14(2)12-13)9-10-16-6-4-3-5-11-17-16/h7-10,12,16-17H,3-6,11H2,1-2H3/b10-9+. The number of nitrogens with one attached hydrogen (secondary N) is 1. The van der Waals surface area contributed by atoms with E-state index in [1.807, 2.05) is 0 Å². The first-order valence-corrected chi connectivity index (χ1v) is 6.74. The van der Waals surface area contributed by atoms with Gasteiger partial charge in [0.1, 0.15) is 0 Å². The van der Waals surface area contributed by atoms with E-state index in [0.29, 0.717) is 6.04 Å². The third kappa shape index (κ3) is 3.71. The van der Waals surface area contributed by atoms with E-state index in [-0.39, 0.29) is 0 Å². The van der Waals surface area contributed by atoms with Crippen molar-refractivity contribution >= 4 is 6.08 Å². The van der Waals surface area contributed by atoms with Crippen molar-refractivity contribution in [3.8, 4) is 0 Å². The summed E-state index contributed by atoms with van der Waals surface area (Å²) < 4.78 is 0. The molecule has 1 N–H and O–H groups in total. The van der Waals surface area contributed by atoms with Crippen molar-refractivity contribution < 1.29 is 0 Å². The lowest BCUT2D eigenvalue weighted by molar-refractivity contribution is 0.599. The predicted octanol–water partition coefficient (Wildman–Crippen LogP) is 3.85. The van der Waals surface area contributed by atoms with Gasteiger partial charge in [-0.1, -0.05) is 48.8 Å². The molecule has 2 rings (SSSR count). The van der Waals surface area contributed by atoms with Gasteiger partial charge in [-0.2, -0.15) is 0 Å². The Bertz CT molecular complexity index is 385. The average Bonchev–Trinajstić information content (AvgIpc) is 2.56. The molecule has 1 saturated heterocycles.